The van der Waals surface area contributed by atoms with Crippen LogP contribution < -0.4 is 5.32 Å². The summed E-state index contributed by atoms with van der Waals surface area (Å²) < 4.78 is 0. The third-order valence-corrected chi connectivity index (χ3v) is 10.5. The maximum atomic E-state index is 3.72. The van der Waals surface area contributed by atoms with Gasteiger partial charge in [0.2, 0.25) is 0 Å². The van der Waals surface area contributed by atoms with E-state index >= 15 is 0 Å². The van der Waals surface area contributed by atoms with Crippen molar-refractivity contribution in [3.05, 3.63) is 83.4 Å². The molecule has 1 heteroatoms. The van der Waals surface area contributed by atoms with E-state index in [1.807, 2.05) is 0 Å². The lowest BCUT2D eigenvalue weighted by molar-refractivity contribution is 0.157. The highest BCUT2D eigenvalue weighted by Crippen LogP contribution is 2.95. The molecule has 0 aliphatic heterocycles. The van der Waals surface area contributed by atoms with E-state index in [1.165, 1.54) is 40.9 Å². The summed E-state index contributed by atoms with van der Waals surface area (Å²) in [6, 6.07) is 25.4. The van der Waals surface area contributed by atoms with Crippen LogP contribution in [0, 0.1) is 22.7 Å². The Hall–Kier alpha value is -2.54. The van der Waals surface area contributed by atoms with Crippen LogP contribution in [0.4, 0.5) is 11.4 Å². The van der Waals surface area contributed by atoms with E-state index in [2.05, 4.69) is 107 Å². The minimum absolute atomic E-state index is 0.180. The van der Waals surface area contributed by atoms with Gasteiger partial charge < -0.3 is 5.32 Å². The van der Waals surface area contributed by atoms with Gasteiger partial charge in [-0.15, -0.1) is 0 Å². The van der Waals surface area contributed by atoms with E-state index in [-0.39, 0.29) is 10.8 Å². The van der Waals surface area contributed by atoms with Gasteiger partial charge in [-0.2, -0.15) is 0 Å². The van der Waals surface area contributed by atoms with Crippen LogP contribution in [-0.2, 0) is 10.8 Å². The van der Waals surface area contributed by atoms with Gasteiger partial charge in [-0.1, -0.05) is 77.1 Å². The molecule has 3 fully saturated rings. The largest absolute Gasteiger partial charge is 0.356 e. The number of anilines is 2. The lowest BCUT2D eigenvalue weighted by atomic mass is 9.61. The smallest absolute Gasteiger partial charge is 0.0387 e. The summed E-state index contributed by atoms with van der Waals surface area (Å²) in [5.41, 5.74) is 11.2. The van der Waals surface area contributed by atoms with Crippen molar-refractivity contribution in [2.24, 2.45) is 22.7 Å². The van der Waals surface area contributed by atoms with Crippen LogP contribution in [-0.4, -0.2) is 0 Å². The van der Waals surface area contributed by atoms with Gasteiger partial charge in [-0.25, -0.2) is 0 Å². The fourth-order valence-electron chi connectivity index (χ4n) is 8.57. The van der Waals surface area contributed by atoms with E-state index < -0.39 is 0 Å². The van der Waals surface area contributed by atoms with Crippen LogP contribution >= 0.6 is 0 Å². The fourth-order valence-corrected chi connectivity index (χ4v) is 8.57. The number of rotatable bonds is 2. The average Bonchev–Trinajstić information content (AvgIpc) is 2.97. The van der Waals surface area contributed by atoms with Crippen LogP contribution in [0.3, 0.4) is 0 Å². The molecule has 5 unspecified atom stereocenters. The lowest BCUT2D eigenvalue weighted by Crippen LogP contribution is -2.37. The van der Waals surface area contributed by atoms with Crippen LogP contribution in [0.2, 0.25) is 0 Å². The second-order valence-corrected chi connectivity index (χ2v) is 12.3. The zero-order valence-corrected chi connectivity index (χ0v) is 19.9. The molecule has 4 aliphatic carbocycles. The summed E-state index contributed by atoms with van der Waals surface area (Å²) in [6.07, 6.45) is 2.77. The summed E-state index contributed by atoms with van der Waals surface area (Å²) in [4.78, 5) is 0. The van der Waals surface area contributed by atoms with Crippen molar-refractivity contribution in [3.8, 4) is 11.1 Å². The Morgan fingerprint density at radius 1 is 0.812 bits per heavy atom. The molecule has 32 heavy (non-hydrogen) atoms. The Kier molecular flexibility index (Phi) is 3.26. The van der Waals surface area contributed by atoms with Crippen molar-refractivity contribution in [2.45, 2.75) is 58.3 Å². The number of hydrogen-bond acceptors (Lipinski definition) is 1. The van der Waals surface area contributed by atoms with Gasteiger partial charge in [0.05, 0.1) is 0 Å². The van der Waals surface area contributed by atoms with Crippen molar-refractivity contribution in [1.82, 2.24) is 0 Å². The van der Waals surface area contributed by atoms with E-state index in [9.17, 15) is 0 Å². The molecule has 3 saturated carbocycles. The van der Waals surface area contributed by atoms with Gasteiger partial charge in [-0.3, -0.25) is 0 Å². The lowest BCUT2D eigenvalue weighted by Gasteiger charge is -2.42. The molecule has 0 bridgehead atoms. The first-order valence-electron chi connectivity index (χ1n) is 12.3. The van der Waals surface area contributed by atoms with E-state index in [1.54, 1.807) is 11.1 Å². The Morgan fingerprint density at radius 2 is 1.50 bits per heavy atom. The molecule has 1 nitrogen and oxygen atoms in total. The minimum atomic E-state index is 0.180. The SMILES string of the molecule is CC(C)(C)c1ccc(Nc2ccc3c(c2)C2(CC4CC5C4(C)C52C)c2ccccc2-3)cc1. The maximum Gasteiger partial charge on any atom is 0.0387 e. The average molecular weight is 420 g/mol. The molecule has 1 N–H and O–H groups in total. The molecule has 0 saturated heterocycles. The third kappa shape index (κ3) is 1.90. The molecule has 162 valence electrons. The highest BCUT2D eigenvalue weighted by atomic mass is 14.9. The fraction of sp³-hybridized carbons (Fsp3) is 0.419. The highest BCUT2D eigenvalue weighted by molar-refractivity contribution is 5.85. The Bertz CT molecular complexity index is 1270. The first kappa shape index (κ1) is 19.0. The van der Waals surface area contributed by atoms with Gasteiger partial charge in [0.25, 0.3) is 0 Å². The zero-order valence-electron chi connectivity index (χ0n) is 19.9. The van der Waals surface area contributed by atoms with E-state index in [4.69, 9.17) is 0 Å². The molecule has 0 radical (unpaired) electrons. The second-order valence-electron chi connectivity index (χ2n) is 12.3. The van der Waals surface area contributed by atoms with Crippen LogP contribution in [0.15, 0.2) is 66.7 Å². The van der Waals surface area contributed by atoms with Crippen molar-refractivity contribution in [2.75, 3.05) is 5.32 Å². The molecular weight excluding hydrogens is 386 g/mol. The predicted octanol–water partition coefficient (Wildman–Crippen LogP) is 8.06. The molecule has 5 atom stereocenters. The first-order chi connectivity index (χ1) is 15.2. The summed E-state index contributed by atoms with van der Waals surface area (Å²) in [5.74, 6) is 1.78. The molecule has 0 aromatic heterocycles. The summed E-state index contributed by atoms with van der Waals surface area (Å²) in [6.45, 7) is 12.0. The van der Waals surface area contributed by atoms with Crippen LogP contribution in [0.25, 0.3) is 11.1 Å². The van der Waals surface area contributed by atoms with Gasteiger partial charge in [0.15, 0.2) is 0 Å². The normalized spacial score (nSPS) is 35.2. The molecule has 1 spiro atoms. The summed E-state index contributed by atoms with van der Waals surface area (Å²) >= 11 is 0. The van der Waals surface area contributed by atoms with Crippen molar-refractivity contribution in [3.63, 3.8) is 0 Å². The second kappa shape index (κ2) is 5.50. The Morgan fingerprint density at radius 3 is 2.16 bits per heavy atom. The molecule has 0 amide bonds. The van der Waals surface area contributed by atoms with E-state index in [0.717, 1.165) is 11.8 Å². The van der Waals surface area contributed by atoms with Gasteiger partial charge in [-0.05, 0) is 93.0 Å². The molecule has 3 aromatic carbocycles. The Labute approximate surface area is 192 Å². The molecule has 0 heterocycles. The van der Waals surface area contributed by atoms with Crippen molar-refractivity contribution >= 4 is 11.4 Å². The Balaban J connectivity index is 1.32. The maximum absolute atomic E-state index is 3.72. The molecule has 3 aromatic rings. The predicted molar refractivity (Wildman–Crippen MR) is 134 cm³/mol. The van der Waals surface area contributed by atoms with Crippen molar-refractivity contribution in [1.29, 1.82) is 0 Å². The quantitative estimate of drug-likeness (QED) is 0.443. The standard InChI is InChI=1S/C31H33N/c1-28(2,3)19-10-12-21(13-11-19)32-22-14-15-24-23-8-6-7-9-25(23)31(26(24)17-22)18-20-16-27-29(20,4)30(27,31)5/h6-15,17,20,27,32H,16,18H2,1-5H3. The van der Waals surface area contributed by atoms with Gasteiger partial charge in [0.1, 0.15) is 0 Å². The summed E-state index contributed by atoms with van der Waals surface area (Å²) in [5, 5.41) is 3.72. The molecule has 7 rings (SSSR count). The van der Waals surface area contributed by atoms with Crippen LogP contribution in [0.1, 0.15) is 64.2 Å². The number of nitrogens with one attached hydrogen (secondary N) is 1. The number of hydrogen-bond donors (Lipinski definition) is 1. The summed E-state index contributed by atoms with van der Waals surface area (Å²) in [7, 11) is 0. The molecule has 4 aliphatic rings. The third-order valence-electron chi connectivity index (χ3n) is 10.5. The van der Waals surface area contributed by atoms with Gasteiger partial charge in [0, 0.05) is 16.8 Å². The zero-order chi connectivity index (χ0) is 22.1. The van der Waals surface area contributed by atoms with E-state index in [0.29, 0.717) is 10.8 Å². The number of fused-ring (bicyclic) bond motifs is 7. The minimum Gasteiger partial charge on any atom is -0.356 e. The van der Waals surface area contributed by atoms with Crippen molar-refractivity contribution < 1.29 is 0 Å². The molecular formula is C31H33N. The number of benzene rings is 3. The van der Waals surface area contributed by atoms with Gasteiger partial charge >= 0.3 is 0 Å². The van der Waals surface area contributed by atoms with Crippen LogP contribution in [0.5, 0.6) is 0 Å². The first-order valence-corrected chi connectivity index (χ1v) is 12.3. The monoisotopic (exact) mass is 419 g/mol. The highest BCUT2D eigenvalue weighted by Gasteiger charge is 2.91. The topological polar surface area (TPSA) is 12.0 Å².